The zero-order chi connectivity index (χ0) is 21.7. The lowest BCUT2D eigenvalue weighted by Gasteiger charge is -2.25. The Morgan fingerprint density at radius 1 is 1.23 bits per heavy atom. The van der Waals surface area contributed by atoms with E-state index in [1.165, 1.54) is 22.9 Å². The summed E-state index contributed by atoms with van der Waals surface area (Å²) in [6, 6.07) is 3.99. The van der Waals surface area contributed by atoms with Crippen LogP contribution < -0.4 is 10.1 Å². The topological polar surface area (TPSA) is 95.1 Å². The van der Waals surface area contributed by atoms with Crippen LogP contribution in [0.3, 0.4) is 0 Å². The van der Waals surface area contributed by atoms with Crippen LogP contribution in [0.2, 0.25) is 0 Å². The van der Waals surface area contributed by atoms with Gasteiger partial charge in [0, 0.05) is 19.0 Å². The minimum absolute atomic E-state index is 0.150. The van der Waals surface area contributed by atoms with Gasteiger partial charge < -0.3 is 14.6 Å². The molecule has 30 heavy (non-hydrogen) atoms. The maximum absolute atomic E-state index is 12.7. The van der Waals surface area contributed by atoms with Crippen molar-refractivity contribution in [1.82, 2.24) is 25.2 Å². The van der Waals surface area contributed by atoms with Crippen LogP contribution in [0.4, 0.5) is 26.3 Å². The predicted octanol–water partition coefficient (Wildman–Crippen LogP) is 2.64. The van der Waals surface area contributed by atoms with Crippen LogP contribution in [-0.2, 0) is 17.5 Å². The van der Waals surface area contributed by atoms with Gasteiger partial charge in [-0.05, 0) is 12.1 Å². The van der Waals surface area contributed by atoms with Gasteiger partial charge in [-0.15, -0.1) is 0 Å². The monoisotopic (exact) mass is 435 g/mol. The van der Waals surface area contributed by atoms with Crippen molar-refractivity contribution in [1.29, 1.82) is 0 Å². The van der Waals surface area contributed by atoms with E-state index in [0.717, 1.165) is 0 Å². The van der Waals surface area contributed by atoms with E-state index in [2.05, 4.69) is 29.8 Å². The average molecular weight is 435 g/mol. The Balaban J connectivity index is 1.75. The van der Waals surface area contributed by atoms with Gasteiger partial charge >= 0.3 is 18.3 Å². The summed E-state index contributed by atoms with van der Waals surface area (Å²) >= 11 is 0. The molecule has 0 spiro atoms. The number of carbonyl (C=O) groups excluding carboxylic acids is 1. The highest BCUT2D eigenvalue weighted by molar-refractivity contribution is 5.92. The van der Waals surface area contributed by atoms with E-state index < -0.39 is 30.0 Å². The normalized spacial score (nSPS) is 15.4. The zero-order valence-corrected chi connectivity index (χ0v) is 14.7. The molecule has 1 N–H and O–H groups in total. The van der Waals surface area contributed by atoms with E-state index in [1.54, 1.807) is 0 Å². The molecule has 3 heterocycles. The Labute approximate surface area is 162 Å². The second kappa shape index (κ2) is 6.97. The van der Waals surface area contributed by atoms with Gasteiger partial charge in [0.2, 0.25) is 5.89 Å². The minimum Gasteiger partial charge on any atom is -0.419 e. The highest BCUT2D eigenvalue weighted by Gasteiger charge is 2.42. The number of alkyl halides is 6. The third kappa shape index (κ3) is 3.69. The number of benzene rings is 1. The van der Waals surface area contributed by atoms with Gasteiger partial charge in [0.15, 0.2) is 0 Å². The number of nitrogens with one attached hydrogen (secondary N) is 1. The van der Waals surface area contributed by atoms with Crippen LogP contribution in [0, 0.1) is 0 Å². The summed E-state index contributed by atoms with van der Waals surface area (Å²) < 4.78 is 86.3. The Morgan fingerprint density at radius 2 is 1.97 bits per heavy atom. The molecule has 1 fully saturated rings. The average Bonchev–Trinajstić information content (AvgIpc) is 3.19. The molecule has 0 bridgehead atoms. The van der Waals surface area contributed by atoms with Crippen LogP contribution in [-0.4, -0.2) is 45.2 Å². The Hall–Kier alpha value is -3.16. The summed E-state index contributed by atoms with van der Waals surface area (Å²) in [6.45, 7) is 0.593. The summed E-state index contributed by atoms with van der Waals surface area (Å²) in [7, 11) is 0. The van der Waals surface area contributed by atoms with Crippen molar-refractivity contribution in [3.05, 3.63) is 35.6 Å². The van der Waals surface area contributed by atoms with Gasteiger partial charge in [0.1, 0.15) is 12.3 Å². The van der Waals surface area contributed by atoms with Gasteiger partial charge in [-0.1, -0.05) is 11.2 Å². The van der Waals surface area contributed by atoms with E-state index in [1.807, 2.05) is 0 Å². The van der Waals surface area contributed by atoms with Crippen LogP contribution >= 0.6 is 0 Å². The molecular weight excluding hydrogens is 424 g/mol. The maximum Gasteiger partial charge on any atom is 0.491 e. The summed E-state index contributed by atoms with van der Waals surface area (Å²) in [5.41, 5.74) is 0.570. The van der Waals surface area contributed by atoms with Crippen LogP contribution in [0.1, 0.15) is 23.3 Å². The van der Waals surface area contributed by atoms with Crippen molar-refractivity contribution in [2.75, 3.05) is 13.1 Å². The van der Waals surface area contributed by atoms with Crippen molar-refractivity contribution in [3.63, 3.8) is 0 Å². The minimum atomic E-state index is -5.20. The lowest BCUT2D eigenvalue weighted by atomic mass is 9.96. The second-order valence-electron chi connectivity index (χ2n) is 6.45. The quantitative estimate of drug-likeness (QED) is 0.383. The number of hydrogen-bond donors (Lipinski definition) is 1. The molecule has 1 saturated heterocycles. The Bertz CT molecular complexity index is 1100. The number of carbonyl (C=O) groups is 1. The molecule has 8 nitrogen and oxygen atoms in total. The summed E-state index contributed by atoms with van der Waals surface area (Å²) in [5.74, 6) is -4.80. The number of nitrogens with zero attached hydrogens (tertiary/aromatic N) is 4. The number of rotatable bonds is 4. The molecule has 0 amide bonds. The van der Waals surface area contributed by atoms with E-state index in [-0.39, 0.29) is 29.1 Å². The first-order valence-electron chi connectivity index (χ1n) is 8.43. The molecule has 0 saturated carbocycles. The van der Waals surface area contributed by atoms with Gasteiger partial charge in [-0.25, -0.2) is 4.79 Å². The van der Waals surface area contributed by atoms with Crippen molar-refractivity contribution in [2.24, 2.45) is 0 Å². The van der Waals surface area contributed by atoms with Gasteiger partial charge in [0.05, 0.1) is 16.6 Å². The first-order chi connectivity index (χ1) is 14.0. The third-order valence-electron chi connectivity index (χ3n) is 4.38. The SMILES string of the molecule is O=C(Oc1cccc2c1c(C1CNC1)nn2Cc1nc(C(F)(F)F)no1)C(F)(F)F. The summed E-state index contributed by atoms with van der Waals surface area (Å²) in [4.78, 5) is 14.6. The van der Waals surface area contributed by atoms with Crippen LogP contribution in [0.5, 0.6) is 5.75 Å². The number of ether oxygens (including phenoxy) is 1. The number of halogens is 6. The van der Waals surface area contributed by atoms with Crippen molar-refractivity contribution in [2.45, 2.75) is 24.8 Å². The first-order valence-corrected chi connectivity index (χ1v) is 8.43. The summed E-state index contributed by atoms with van der Waals surface area (Å²) in [5, 5.41) is 10.3. The van der Waals surface area contributed by atoms with Gasteiger partial charge in [-0.2, -0.15) is 36.4 Å². The molecule has 14 heteroatoms. The molecule has 1 aromatic carbocycles. The fraction of sp³-hybridized carbons (Fsp3) is 0.375. The van der Waals surface area contributed by atoms with Crippen molar-refractivity contribution >= 4 is 16.9 Å². The molecule has 0 aliphatic carbocycles. The third-order valence-corrected chi connectivity index (χ3v) is 4.38. The standard InChI is InChI=1S/C16H11F6N5O3/c17-15(18,19)13-24-10(30-26-13)6-27-8-2-1-3-9(29-14(28)16(20,21)22)11(8)12(25-27)7-4-23-5-7/h1-3,7,23H,4-6H2. The molecular formula is C16H11F6N5O3. The lowest BCUT2D eigenvalue weighted by molar-refractivity contribution is -0.189. The molecule has 3 aromatic rings. The molecule has 0 atom stereocenters. The largest absolute Gasteiger partial charge is 0.491 e. The molecule has 0 unspecified atom stereocenters. The number of hydrogen-bond acceptors (Lipinski definition) is 7. The van der Waals surface area contributed by atoms with Crippen LogP contribution in [0.15, 0.2) is 22.7 Å². The molecule has 2 aromatic heterocycles. The highest BCUT2D eigenvalue weighted by atomic mass is 19.4. The smallest absolute Gasteiger partial charge is 0.419 e. The van der Waals surface area contributed by atoms with E-state index in [0.29, 0.717) is 18.8 Å². The molecule has 1 aliphatic rings. The zero-order valence-electron chi connectivity index (χ0n) is 14.7. The van der Waals surface area contributed by atoms with Crippen molar-refractivity contribution < 1.29 is 40.4 Å². The maximum atomic E-state index is 12.7. The van der Waals surface area contributed by atoms with E-state index in [9.17, 15) is 31.1 Å². The Kier molecular flexibility index (Phi) is 4.67. The second-order valence-corrected chi connectivity index (χ2v) is 6.45. The van der Waals surface area contributed by atoms with Gasteiger partial charge in [-0.3, -0.25) is 4.68 Å². The van der Waals surface area contributed by atoms with Gasteiger partial charge in [0.25, 0.3) is 5.82 Å². The predicted molar refractivity (Wildman–Crippen MR) is 85.4 cm³/mol. The number of fused-ring (bicyclic) bond motifs is 1. The van der Waals surface area contributed by atoms with Crippen molar-refractivity contribution in [3.8, 4) is 5.75 Å². The molecule has 4 rings (SSSR count). The van der Waals surface area contributed by atoms with Crippen LogP contribution in [0.25, 0.3) is 10.9 Å². The first kappa shape index (κ1) is 20.1. The molecule has 1 aliphatic heterocycles. The fourth-order valence-corrected chi connectivity index (χ4v) is 2.92. The molecule has 0 radical (unpaired) electrons. The fourth-order valence-electron chi connectivity index (χ4n) is 2.92. The summed E-state index contributed by atoms with van der Waals surface area (Å²) in [6.07, 6.45) is -10.00. The number of aromatic nitrogens is 4. The number of esters is 1. The highest BCUT2D eigenvalue weighted by Crippen LogP contribution is 2.36. The lowest BCUT2D eigenvalue weighted by Crippen LogP contribution is -2.40. The van der Waals surface area contributed by atoms with E-state index >= 15 is 0 Å². The molecule has 160 valence electrons. The van der Waals surface area contributed by atoms with E-state index in [4.69, 9.17) is 0 Å². The Morgan fingerprint density at radius 3 is 2.53 bits per heavy atom.